The lowest BCUT2D eigenvalue weighted by Gasteiger charge is -2.44. The van der Waals surface area contributed by atoms with Crippen LogP contribution in [-0.2, 0) is 14.8 Å². The largest absolute Gasteiger partial charge is 0.377 e. The molecule has 1 fully saturated rings. The number of aryl methyl sites for hydroxylation is 2. The van der Waals surface area contributed by atoms with Crippen LogP contribution >= 0.6 is 0 Å². The van der Waals surface area contributed by atoms with Crippen molar-refractivity contribution < 1.29 is 13.2 Å². The van der Waals surface area contributed by atoms with Crippen molar-refractivity contribution in [3.8, 4) is 0 Å². The van der Waals surface area contributed by atoms with Gasteiger partial charge in [0, 0.05) is 40.9 Å². The van der Waals surface area contributed by atoms with Gasteiger partial charge in [0.2, 0.25) is 0 Å². The number of anilines is 1. The minimum absolute atomic E-state index is 0.00254. The summed E-state index contributed by atoms with van der Waals surface area (Å²) >= 11 is 0. The lowest BCUT2D eigenvalue weighted by Crippen LogP contribution is -2.36. The van der Waals surface area contributed by atoms with Crippen LogP contribution < -0.4 is 5.32 Å². The van der Waals surface area contributed by atoms with Crippen LogP contribution in [0.4, 0.5) is 5.69 Å². The van der Waals surface area contributed by atoms with Gasteiger partial charge in [-0.15, -0.1) is 0 Å². The number of hydrogen-bond acceptors (Lipinski definition) is 4. The highest BCUT2D eigenvalue weighted by atomic mass is 32.2. The number of nitrogens with one attached hydrogen (secondary N) is 1. The Balaban J connectivity index is 1.55. The molecule has 1 aromatic heterocycles. The molecule has 1 saturated heterocycles. The van der Waals surface area contributed by atoms with E-state index in [4.69, 9.17) is 4.74 Å². The number of benzene rings is 3. The molecule has 6 rings (SSSR count). The minimum atomic E-state index is -3.73. The highest BCUT2D eigenvalue weighted by molar-refractivity contribution is 7.90. The molecular weight excluding hydrogens is 444 g/mol. The molecule has 2 aliphatic rings. The van der Waals surface area contributed by atoms with Crippen LogP contribution in [0.25, 0.3) is 10.9 Å². The van der Waals surface area contributed by atoms with Crippen molar-refractivity contribution in [2.24, 2.45) is 5.92 Å². The molecule has 0 unspecified atom stereocenters. The smallest absolute Gasteiger partial charge is 0.268 e. The molecule has 1 N–H and O–H groups in total. The van der Waals surface area contributed by atoms with Crippen LogP contribution in [0.15, 0.2) is 77.8 Å². The van der Waals surface area contributed by atoms with E-state index in [0.717, 1.165) is 36.1 Å². The summed E-state index contributed by atoms with van der Waals surface area (Å²) in [7, 11) is -3.73. The Hall–Kier alpha value is -3.09. The van der Waals surface area contributed by atoms with Gasteiger partial charge < -0.3 is 10.1 Å². The van der Waals surface area contributed by atoms with Gasteiger partial charge >= 0.3 is 0 Å². The first-order chi connectivity index (χ1) is 16.5. The second-order valence-corrected chi connectivity index (χ2v) is 11.2. The van der Waals surface area contributed by atoms with Gasteiger partial charge in [-0.3, -0.25) is 0 Å². The van der Waals surface area contributed by atoms with Gasteiger partial charge in [-0.05, 0) is 56.0 Å². The first kappa shape index (κ1) is 21.4. The van der Waals surface area contributed by atoms with E-state index in [0.29, 0.717) is 5.52 Å². The van der Waals surface area contributed by atoms with Crippen molar-refractivity contribution in [2.75, 3.05) is 11.9 Å². The lowest BCUT2D eigenvalue weighted by atomic mass is 9.76. The fourth-order valence-electron chi connectivity index (χ4n) is 5.73. The van der Waals surface area contributed by atoms with Gasteiger partial charge in [0.1, 0.15) is 0 Å². The van der Waals surface area contributed by atoms with Gasteiger partial charge in [-0.1, -0.05) is 48.5 Å². The van der Waals surface area contributed by atoms with E-state index in [1.165, 1.54) is 20.7 Å². The van der Waals surface area contributed by atoms with Crippen LogP contribution in [0, 0.1) is 19.8 Å². The second kappa shape index (κ2) is 8.00. The van der Waals surface area contributed by atoms with Crippen LogP contribution in [0.3, 0.4) is 0 Å². The maximum Gasteiger partial charge on any atom is 0.268 e. The Morgan fingerprint density at radius 3 is 2.50 bits per heavy atom. The molecule has 3 heterocycles. The number of para-hydroxylation sites is 1. The van der Waals surface area contributed by atoms with Gasteiger partial charge in [0.05, 0.1) is 22.6 Å². The first-order valence-corrected chi connectivity index (χ1v) is 13.3. The van der Waals surface area contributed by atoms with E-state index in [9.17, 15) is 8.42 Å². The van der Waals surface area contributed by atoms with Crippen molar-refractivity contribution in [2.45, 2.75) is 43.7 Å². The SMILES string of the molecule is Cc1ccc(C)c2c1N[C@H](c1cn(S(=O)(=O)c3ccccc3)c3ccccc13)[C@@H]1CCCO[C@H]21. The number of fused-ring (bicyclic) bond motifs is 4. The Kier molecular flexibility index (Phi) is 5.04. The summed E-state index contributed by atoms with van der Waals surface area (Å²) in [4.78, 5) is 0.287. The summed E-state index contributed by atoms with van der Waals surface area (Å²) in [6.45, 7) is 5.02. The number of rotatable bonds is 3. The Labute approximate surface area is 200 Å². The average molecular weight is 473 g/mol. The number of ether oxygens (including phenoxy) is 1. The molecular formula is C28H28N2O3S. The van der Waals surface area contributed by atoms with Gasteiger partial charge in [-0.2, -0.15) is 0 Å². The predicted octanol–water partition coefficient (Wildman–Crippen LogP) is 6.13. The van der Waals surface area contributed by atoms with Crippen molar-refractivity contribution in [3.05, 3.63) is 95.2 Å². The van der Waals surface area contributed by atoms with E-state index < -0.39 is 10.0 Å². The fraction of sp³-hybridized carbons (Fsp3) is 0.286. The molecule has 4 aromatic rings. The zero-order valence-corrected chi connectivity index (χ0v) is 20.2. The molecule has 5 nitrogen and oxygen atoms in total. The van der Waals surface area contributed by atoms with Gasteiger partial charge in [-0.25, -0.2) is 12.4 Å². The van der Waals surface area contributed by atoms with Crippen LogP contribution in [0.5, 0.6) is 0 Å². The summed E-state index contributed by atoms with van der Waals surface area (Å²) in [6.07, 6.45) is 3.86. The Morgan fingerprint density at radius 2 is 1.68 bits per heavy atom. The summed E-state index contributed by atoms with van der Waals surface area (Å²) in [6, 6.07) is 20.7. The third-order valence-electron chi connectivity index (χ3n) is 7.40. The first-order valence-electron chi connectivity index (χ1n) is 11.9. The summed E-state index contributed by atoms with van der Waals surface area (Å²) in [5.41, 5.74) is 6.49. The molecule has 0 radical (unpaired) electrons. The third kappa shape index (κ3) is 3.20. The van der Waals surface area contributed by atoms with E-state index in [-0.39, 0.29) is 23.0 Å². The highest BCUT2D eigenvalue weighted by Gasteiger charge is 2.42. The predicted molar refractivity (Wildman–Crippen MR) is 135 cm³/mol. The minimum Gasteiger partial charge on any atom is -0.377 e. The van der Waals surface area contributed by atoms with Crippen LogP contribution in [0.1, 0.15) is 47.2 Å². The molecule has 2 aliphatic heterocycles. The standard InChI is InChI=1S/C28H28N2O3S/c1-18-14-15-19(2)26-25(18)28-22(12-8-16-33-28)27(29-26)23-17-30(24-13-7-6-11-21(23)24)34(31,32)20-9-4-3-5-10-20/h3-7,9-11,13-15,17,22,27-29H,8,12,16H2,1-2H3/t22-,27-,28-/m0/s1. The molecule has 0 saturated carbocycles. The molecule has 0 bridgehead atoms. The van der Waals surface area contributed by atoms with E-state index >= 15 is 0 Å². The van der Waals surface area contributed by atoms with Crippen LogP contribution in [-0.4, -0.2) is 19.0 Å². The molecule has 3 atom stereocenters. The number of nitrogens with zero attached hydrogens (tertiary/aromatic N) is 1. The van der Waals surface area contributed by atoms with Crippen molar-refractivity contribution in [3.63, 3.8) is 0 Å². The van der Waals surface area contributed by atoms with E-state index in [1.54, 1.807) is 24.3 Å². The molecule has 0 aliphatic carbocycles. The van der Waals surface area contributed by atoms with Gasteiger partial charge in [0.15, 0.2) is 0 Å². The Morgan fingerprint density at radius 1 is 0.941 bits per heavy atom. The summed E-state index contributed by atoms with van der Waals surface area (Å²) in [5, 5.41) is 4.79. The molecule has 3 aromatic carbocycles. The van der Waals surface area contributed by atoms with E-state index in [1.807, 2.05) is 36.5 Å². The number of hydrogen-bond donors (Lipinski definition) is 1. The quantitative estimate of drug-likeness (QED) is 0.390. The van der Waals surface area contributed by atoms with Crippen molar-refractivity contribution in [1.82, 2.24) is 3.97 Å². The Bertz CT molecular complexity index is 1490. The third-order valence-corrected chi connectivity index (χ3v) is 9.08. The van der Waals surface area contributed by atoms with Crippen molar-refractivity contribution in [1.29, 1.82) is 0 Å². The molecule has 0 spiro atoms. The topological polar surface area (TPSA) is 60.3 Å². The van der Waals surface area contributed by atoms with Gasteiger partial charge in [0.25, 0.3) is 10.0 Å². The maximum atomic E-state index is 13.6. The monoisotopic (exact) mass is 472 g/mol. The maximum absolute atomic E-state index is 13.6. The zero-order chi connectivity index (χ0) is 23.4. The highest BCUT2D eigenvalue weighted by Crippen LogP contribution is 2.52. The van der Waals surface area contributed by atoms with E-state index in [2.05, 4.69) is 31.3 Å². The average Bonchev–Trinajstić information content (AvgIpc) is 3.26. The molecule has 6 heteroatoms. The zero-order valence-electron chi connectivity index (χ0n) is 19.4. The number of aromatic nitrogens is 1. The molecule has 0 amide bonds. The lowest BCUT2D eigenvalue weighted by molar-refractivity contribution is -0.0383. The normalized spacial score (nSPS) is 22.1. The summed E-state index contributed by atoms with van der Waals surface area (Å²) in [5.74, 6) is 0.223. The fourth-order valence-corrected chi connectivity index (χ4v) is 7.13. The van der Waals surface area contributed by atoms with Crippen LogP contribution in [0.2, 0.25) is 0 Å². The second-order valence-electron chi connectivity index (χ2n) is 9.42. The van der Waals surface area contributed by atoms with Crippen molar-refractivity contribution >= 4 is 26.6 Å². The molecule has 174 valence electrons. The summed E-state index contributed by atoms with van der Waals surface area (Å²) < 4.78 is 35.1. The molecule has 34 heavy (non-hydrogen) atoms.